The maximum atomic E-state index is 5.15. The number of aryl methyl sites for hydroxylation is 1. The molecule has 2 aliphatic rings. The third-order valence-corrected chi connectivity index (χ3v) is 5.94. The highest BCUT2D eigenvalue weighted by Gasteiger charge is 2.28. The van der Waals surface area contributed by atoms with Gasteiger partial charge in [-0.3, -0.25) is 4.98 Å². The number of anilines is 1. The van der Waals surface area contributed by atoms with Crippen molar-refractivity contribution in [1.82, 2.24) is 19.9 Å². The SMILES string of the molecule is Cc1nc(C2CCCN(CC(C)C)C2)nc2c1CCCN2Cc1ccccn1. The summed E-state index contributed by atoms with van der Waals surface area (Å²) in [4.78, 5) is 19.7. The third kappa shape index (κ3) is 4.35. The number of nitrogens with zero attached hydrogens (tertiary/aromatic N) is 5. The second kappa shape index (κ2) is 8.56. The van der Waals surface area contributed by atoms with Gasteiger partial charge in [-0.15, -0.1) is 0 Å². The van der Waals surface area contributed by atoms with Gasteiger partial charge in [0, 0.05) is 43.0 Å². The molecule has 4 heterocycles. The van der Waals surface area contributed by atoms with E-state index < -0.39 is 0 Å². The third-order valence-electron chi connectivity index (χ3n) is 5.94. The molecule has 0 aromatic carbocycles. The Bertz CT molecular complexity index is 789. The lowest BCUT2D eigenvalue weighted by Gasteiger charge is -2.35. The van der Waals surface area contributed by atoms with Crippen LogP contribution < -0.4 is 4.90 Å². The highest BCUT2D eigenvalue weighted by Crippen LogP contribution is 2.32. The van der Waals surface area contributed by atoms with Crippen LogP contribution in [0.2, 0.25) is 0 Å². The second-order valence-corrected chi connectivity index (χ2v) is 8.81. The molecule has 150 valence electrons. The van der Waals surface area contributed by atoms with Crippen LogP contribution >= 0.6 is 0 Å². The van der Waals surface area contributed by atoms with E-state index >= 15 is 0 Å². The van der Waals surface area contributed by atoms with Crippen molar-refractivity contribution in [3.8, 4) is 0 Å². The molecule has 1 saturated heterocycles. The molecule has 0 amide bonds. The molecule has 4 rings (SSSR count). The first kappa shape index (κ1) is 19.3. The molecule has 5 heteroatoms. The summed E-state index contributed by atoms with van der Waals surface area (Å²) in [7, 11) is 0. The fourth-order valence-electron chi connectivity index (χ4n) is 4.68. The van der Waals surface area contributed by atoms with Crippen LogP contribution in [0.4, 0.5) is 5.82 Å². The molecule has 28 heavy (non-hydrogen) atoms. The first-order valence-electron chi connectivity index (χ1n) is 10.8. The Morgan fingerprint density at radius 1 is 1.14 bits per heavy atom. The van der Waals surface area contributed by atoms with Gasteiger partial charge in [0.05, 0.1) is 12.2 Å². The van der Waals surface area contributed by atoms with Crippen molar-refractivity contribution in [1.29, 1.82) is 0 Å². The van der Waals surface area contributed by atoms with E-state index in [4.69, 9.17) is 9.97 Å². The lowest BCUT2D eigenvalue weighted by molar-refractivity contribution is 0.184. The molecule has 0 aliphatic carbocycles. The molecule has 0 radical (unpaired) electrons. The molecule has 0 saturated carbocycles. The zero-order chi connectivity index (χ0) is 19.5. The van der Waals surface area contributed by atoms with Crippen molar-refractivity contribution in [2.75, 3.05) is 31.1 Å². The average molecular weight is 380 g/mol. The van der Waals surface area contributed by atoms with Crippen LogP contribution in [0.3, 0.4) is 0 Å². The van der Waals surface area contributed by atoms with Gasteiger partial charge >= 0.3 is 0 Å². The number of likely N-dealkylation sites (tertiary alicyclic amines) is 1. The fraction of sp³-hybridized carbons (Fsp3) is 0.609. The van der Waals surface area contributed by atoms with E-state index in [1.807, 2.05) is 12.3 Å². The number of hydrogen-bond acceptors (Lipinski definition) is 5. The van der Waals surface area contributed by atoms with Crippen LogP contribution in [0.25, 0.3) is 0 Å². The van der Waals surface area contributed by atoms with E-state index in [1.165, 1.54) is 37.2 Å². The number of piperidine rings is 1. The predicted molar refractivity (Wildman–Crippen MR) is 114 cm³/mol. The first-order valence-corrected chi connectivity index (χ1v) is 10.8. The maximum absolute atomic E-state index is 5.15. The average Bonchev–Trinajstić information content (AvgIpc) is 2.69. The molecule has 0 N–H and O–H groups in total. The van der Waals surface area contributed by atoms with Gasteiger partial charge < -0.3 is 9.80 Å². The van der Waals surface area contributed by atoms with Gasteiger partial charge in [-0.25, -0.2) is 9.97 Å². The van der Waals surface area contributed by atoms with Crippen LogP contribution in [0.1, 0.15) is 61.8 Å². The van der Waals surface area contributed by atoms with Crippen molar-refractivity contribution in [3.05, 3.63) is 47.2 Å². The molecule has 1 atom stereocenters. The maximum Gasteiger partial charge on any atom is 0.136 e. The Morgan fingerprint density at radius 2 is 2.04 bits per heavy atom. The molecule has 5 nitrogen and oxygen atoms in total. The molecule has 0 bridgehead atoms. The summed E-state index contributed by atoms with van der Waals surface area (Å²) in [5.41, 5.74) is 3.61. The van der Waals surface area contributed by atoms with Crippen molar-refractivity contribution in [2.45, 2.75) is 58.9 Å². The number of pyridine rings is 1. The Morgan fingerprint density at radius 3 is 2.82 bits per heavy atom. The molecular formula is C23H33N5. The highest BCUT2D eigenvalue weighted by atomic mass is 15.2. The molecule has 0 spiro atoms. The van der Waals surface area contributed by atoms with E-state index in [-0.39, 0.29) is 0 Å². The van der Waals surface area contributed by atoms with Crippen molar-refractivity contribution in [3.63, 3.8) is 0 Å². The molecular weight excluding hydrogens is 346 g/mol. The van der Waals surface area contributed by atoms with Crippen LogP contribution in [-0.4, -0.2) is 46.0 Å². The second-order valence-electron chi connectivity index (χ2n) is 8.81. The summed E-state index contributed by atoms with van der Waals surface area (Å²) in [6.45, 7) is 12.1. The highest BCUT2D eigenvalue weighted by molar-refractivity contribution is 5.51. The topological polar surface area (TPSA) is 45.2 Å². The molecule has 2 aromatic rings. The fourth-order valence-corrected chi connectivity index (χ4v) is 4.68. The molecule has 2 aliphatic heterocycles. The standard InChI is InChI=1S/C23H33N5/c1-17(2)14-27-12-6-8-19(15-27)22-25-18(3)21-10-7-13-28(23(21)26-22)16-20-9-4-5-11-24-20/h4-5,9,11,17,19H,6-8,10,12-16H2,1-3H3. The van der Waals surface area contributed by atoms with Crippen molar-refractivity contribution >= 4 is 5.82 Å². The summed E-state index contributed by atoms with van der Waals surface area (Å²) in [6, 6.07) is 6.15. The smallest absolute Gasteiger partial charge is 0.136 e. The van der Waals surface area contributed by atoms with E-state index in [1.54, 1.807) is 0 Å². The first-order chi connectivity index (χ1) is 13.6. The minimum absolute atomic E-state index is 0.454. The van der Waals surface area contributed by atoms with Gasteiger partial charge in [-0.1, -0.05) is 19.9 Å². The summed E-state index contributed by atoms with van der Waals surface area (Å²) >= 11 is 0. The van der Waals surface area contributed by atoms with Crippen LogP contribution in [-0.2, 0) is 13.0 Å². The number of fused-ring (bicyclic) bond motifs is 1. The quantitative estimate of drug-likeness (QED) is 0.787. The number of hydrogen-bond donors (Lipinski definition) is 0. The van der Waals surface area contributed by atoms with Crippen LogP contribution in [0, 0.1) is 12.8 Å². The summed E-state index contributed by atoms with van der Waals surface area (Å²) in [5.74, 6) is 3.37. The predicted octanol–water partition coefficient (Wildman–Crippen LogP) is 3.97. The van der Waals surface area contributed by atoms with Crippen LogP contribution in [0.15, 0.2) is 24.4 Å². The van der Waals surface area contributed by atoms with Gasteiger partial charge in [0.15, 0.2) is 0 Å². The largest absolute Gasteiger partial charge is 0.350 e. The Hall–Kier alpha value is -2.01. The van der Waals surface area contributed by atoms with Crippen molar-refractivity contribution < 1.29 is 0 Å². The minimum atomic E-state index is 0.454. The Labute approximate surface area is 169 Å². The lowest BCUT2D eigenvalue weighted by atomic mass is 9.95. The summed E-state index contributed by atoms with van der Waals surface area (Å²) in [5, 5.41) is 0. The van der Waals surface area contributed by atoms with Gasteiger partial charge in [0.1, 0.15) is 11.6 Å². The zero-order valence-corrected chi connectivity index (χ0v) is 17.6. The number of aromatic nitrogens is 3. The van der Waals surface area contributed by atoms with E-state index in [0.717, 1.165) is 49.8 Å². The van der Waals surface area contributed by atoms with Gasteiger partial charge in [-0.2, -0.15) is 0 Å². The Balaban J connectivity index is 1.59. The van der Waals surface area contributed by atoms with Crippen molar-refractivity contribution in [2.24, 2.45) is 5.92 Å². The summed E-state index contributed by atoms with van der Waals surface area (Å²) in [6.07, 6.45) is 6.57. The van der Waals surface area contributed by atoms with Gasteiger partial charge in [-0.05, 0) is 57.2 Å². The lowest BCUT2D eigenvalue weighted by Crippen LogP contribution is -2.38. The van der Waals surface area contributed by atoms with E-state index in [0.29, 0.717) is 11.8 Å². The zero-order valence-electron chi connectivity index (χ0n) is 17.6. The summed E-state index contributed by atoms with van der Waals surface area (Å²) < 4.78 is 0. The van der Waals surface area contributed by atoms with E-state index in [2.05, 4.69) is 47.7 Å². The van der Waals surface area contributed by atoms with Gasteiger partial charge in [0.2, 0.25) is 0 Å². The van der Waals surface area contributed by atoms with Gasteiger partial charge in [0.25, 0.3) is 0 Å². The molecule has 2 aromatic heterocycles. The van der Waals surface area contributed by atoms with E-state index in [9.17, 15) is 0 Å². The minimum Gasteiger partial charge on any atom is -0.350 e. The normalized spacial score (nSPS) is 20.4. The molecule has 1 unspecified atom stereocenters. The van der Waals surface area contributed by atoms with Crippen LogP contribution in [0.5, 0.6) is 0 Å². The number of rotatable bonds is 5. The monoisotopic (exact) mass is 379 g/mol. The molecule has 1 fully saturated rings. The Kier molecular flexibility index (Phi) is 5.90.